The molecule has 0 aromatic heterocycles. The monoisotopic (exact) mass is 602 g/mol. The minimum Gasteiger partial charge on any atom is -0.574 e. The molecule has 226 valence electrons. The van der Waals surface area contributed by atoms with Crippen molar-refractivity contribution in [1.82, 2.24) is 5.43 Å². The van der Waals surface area contributed by atoms with Crippen LogP contribution in [0.15, 0.2) is 53.4 Å². The van der Waals surface area contributed by atoms with Crippen LogP contribution in [0.25, 0.3) is 0 Å². The highest BCUT2D eigenvalue weighted by molar-refractivity contribution is 7.33. The molecule has 0 saturated heterocycles. The van der Waals surface area contributed by atoms with Gasteiger partial charge in [0.25, 0.3) is 11.4 Å². The summed E-state index contributed by atoms with van der Waals surface area (Å²) in [6.07, 6.45) is 7.29. The van der Waals surface area contributed by atoms with E-state index in [-0.39, 0.29) is 29.9 Å². The number of carbonyl (C=O) groups is 2. The molecule has 0 aliphatic heterocycles. The molecule has 13 nitrogen and oxygen atoms in total. The second kappa shape index (κ2) is 14.5. The van der Waals surface area contributed by atoms with Gasteiger partial charge in [-0.05, 0) is 74.9 Å². The van der Waals surface area contributed by atoms with E-state index >= 15 is 0 Å². The van der Waals surface area contributed by atoms with Crippen molar-refractivity contribution in [3.63, 3.8) is 0 Å². The van der Waals surface area contributed by atoms with Crippen molar-refractivity contribution < 1.29 is 38.1 Å². The second-order valence-electron chi connectivity index (χ2n) is 10.6. The minimum absolute atomic E-state index is 0.0527. The Hall–Kier alpha value is -3.64. The molecular weight excluding hydrogens is 567 g/mol. The first-order valence-electron chi connectivity index (χ1n) is 14.0. The summed E-state index contributed by atoms with van der Waals surface area (Å²) in [4.78, 5) is 52.3. The number of non-ortho nitro benzene ring substituents is 1. The molecular formula is C28H35N4O9P. The molecule has 42 heavy (non-hydrogen) atoms. The SMILES string of the molecule is C[C@H](N/N=[P+](\[O-])Oc1ccc(Oc2ccc([N+](=O)[O-])cc2)cc1)C(=O)O[C@@](N)(CC1CCCC1)C(=O)OC1CCCC1. The number of nitrogens with two attached hydrogens (primary N) is 1. The number of ether oxygens (including phenoxy) is 3. The van der Waals surface area contributed by atoms with Crippen molar-refractivity contribution in [1.29, 1.82) is 0 Å². The van der Waals surface area contributed by atoms with Crippen LogP contribution < -0.4 is 25.3 Å². The van der Waals surface area contributed by atoms with Crippen LogP contribution in [0.5, 0.6) is 17.2 Å². The molecule has 0 bridgehead atoms. The van der Waals surface area contributed by atoms with Gasteiger partial charge >= 0.3 is 20.1 Å². The lowest BCUT2D eigenvalue weighted by Gasteiger charge is -2.31. The van der Waals surface area contributed by atoms with Gasteiger partial charge in [-0.25, -0.2) is 4.79 Å². The van der Waals surface area contributed by atoms with Crippen LogP contribution in [0.3, 0.4) is 0 Å². The van der Waals surface area contributed by atoms with E-state index in [2.05, 4.69) is 10.3 Å². The normalized spacial score (nSPS) is 18.2. The van der Waals surface area contributed by atoms with Crippen LogP contribution in [-0.2, 0) is 19.1 Å². The fourth-order valence-corrected chi connectivity index (χ4v) is 5.58. The lowest BCUT2D eigenvalue weighted by atomic mass is 9.95. The van der Waals surface area contributed by atoms with Crippen molar-refractivity contribution in [2.24, 2.45) is 16.5 Å². The molecule has 4 rings (SSSR count). The summed E-state index contributed by atoms with van der Waals surface area (Å²) in [6, 6.07) is 10.6. The van der Waals surface area contributed by atoms with Crippen LogP contribution >= 0.6 is 8.17 Å². The van der Waals surface area contributed by atoms with Crippen molar-refractivity contribution in [3.8, 4) is 17.2 Å². The van der Waals surface area contributed by atoms with Crippen molar-refractivity contribution in [2.75, 3.05) is 0 Å². The van der Waals surface area contributed by atoms with Gasteiger partial charge in [-0.2, -0.15) is 5.43 Å². The molecule has 2 aromatic carbocycles. The van der Waals surface area contributed by atoms with E-state index in [1.54, 1.807) is 12.1 Å². The second-order valence-corrected chi connectivity index (χ2v) is 11.4. The first kappa shape index (κ1) is 31.3. The summed E-state index contributed by atoms with van der Waals surface area (Å²) in [6.45, 7) is 1.44. The number of hydrogen-bond acceptors (Lipinski definition) is 11. The summed E-state index contributed by atoms with van der Waals surface area (Å²) in [5, 5.41) is 10.8. The molecule has 2 saturated carbocycles. The molecule has 2 aliphatic carbocycles. The largest absolute Gasteiger partial charge is 0.574 e. The van der Waals surface area contributed by atoms with Gasteiger partial charge in [0.2, 0.25) is 0 Å². The predicted molar refractivity (Wildman–Crippen MR) is 150 cm³/mol. The Morgan fingerprint density at radius 2 is 1.57 bits per heavy atom. The molecule has 3 atom stereocenters. The van der Waals surface area contributed by atoms with Crippen molar-refractivity contribution >= 4 is 25.8 Å². The number of nitro benzene ring substituents is 1. The summed E-state index contributed by atoms with van der Waals surface area (Å²) < 4.78 is 22.0. The standard InChI is InChI=1S/C28H35N4O9P/c1-19(26(33)40-28(29,18-20-6-2-3-7-20)27(34)39-22-8-4-5-9-22)30-31-42(37)41-25-16-14-24(15-17-25)38-23-12-10-21(11-13-23)32(35)36/h10-17,19-20,22,30H,2-9,18,29H2,1H3/t19-,28-/m0/s1. The molecule has 2 fully saturated rings. The Kier molecular flexibility index (Phi) is 10.8. The number of carbonyl (C=O) groups excluding carboxylic acids is 2. The maximum Gasteiger partial charge on any atom is 0.412 e. The molecule has 3 N–H and O–H groups in total. The van der Waals surface area contributed by atoms with E-state index in [0.29, 0.717) is 11.5 Å². The Morgan fingerprint density at radius 1 is 1.02 bits per heavy atom. The highest BCUT2D eigenvalue weighted by atomic mass is 31.1. The highest BCUT2D eigenvalue weighted by Gasteiger charge is 2.44. The van der Waals surface area contributed by atoms with Gasteiger partial charge in [-0.15, -0.1) is 0 Å². The van der Waals surface area contributed by atoms with E-state index < -0.39 is 36.8 Å². The topological polar surface area (TPSA) is 188 Å². The van der Waals surface area contributed by atoms with Crippen molar-refractivity contribution in [2.45, 2.75) is 82.6 Å². The average molecular weight is 603 g/mol. The number of esters is 2. The zero-order valence-corrected chi connectivity index (χ0v) is 24.2. The molecule has 2 aromatic rings. The number of nitrogens with one attached hydrogen (secondary N) is 1. The van der Waals surface area contributed by atoms with E-state index in [9.17, 15) is 24.6 Å². The Balaban J connectivity index is 1.29. The molecule has 0 radical (unpaired) electrons. The Morgan fingerprint density at radius 3 is 2.17 bits per heavy atom. The quantitative estimate of drug-likeness (QED) is 0.106. The van der Waals surface area contributed by atoms with Gasteiger partial charge in [0.1, 0.15) is 23.6 Å². The lowest BCUT2D eigenvalue weighted by molar-refractivity contribution is -0.384. The number of nitrogens with zero attached hydrogens (tertiary/aromatic N) is 2. The Labute approximate surface area is 244 Å². The number of rotatable bonds is 13. The Bertz CT molecular complexity index is 1260. The van der Waals surface area contributed by atoms with Gasteiger partial charge in [0.15, 0.2) is 5.75 Å². The summed E-state index contributed by atoms with van der Waals surface area (Å²) >= 11 is 0. The smallest absolute Gasteiger partial charge is 0.412 e. The molecule has 0 amide bonds. The third-order valence-corrected chi connectivity index (χ3v) is 7.89. The zero-order chi connectivity index (χ0) is 30.1. The molecule has 0 spiro atoms. The fourth-order valence-electron chi connectivity index (χ4n) is 4.97. The van der Waals surface area contributed by atoms with Crippen LogP contribution in [0.1, 0.15) is 64.7 Å². The summed E-state index contributed by atoms with van der Waals surface area (Å²) in [5.74, 6) is -0.377. The summed E-state index contributed by atoms with van der Waals surface area (Å²) in [5.41, 5.74) is 6.86. The van der Waals surface area contributed by atoms with Gasteiger partial charge in [-0.1, -0.05) is 25.7 Å². The molecule has 1 unspecified atom stereocenters. The molecule has 2 aliphatic rings. The maximum absolute atomic E-state index is 13.0. The predicted octanol–water partition coefficient (Wildman–Crippen LogP) is 4.78. The van der Waals surface area contributed by atoms with Gasteiger partial charge < -0.3 is 19.1 Å². The zero-order valence-electron chi connectivity index (χ0n) is 23.3. The lowest BCUT2D eigenvalue weighted by Crippen LogP contribution is -2.56. The van der Waals surface area contributed by atoms with E-state index in [0.717, 1.165) is 51.4 Å². The fraction of sp³-hybridized carbons (Fsp3) is 0.500. The highest BCUT2D eigenvalue weighted by Crippen LogP contribution is 2.34. The van der Waals surface area contributed by atoms with Gasteiger partial charge in [-0.3, -0.25) is 25.2 Å². The number of hydrogen-bond donors (Lipinski definition) is 2. The minimum atomic E-state index is -2.62. The first-order valence-corrected chi connectivity index (χ1v) is 15.1. The van der Waals surface area contributed by atoms with E-state index in [1.165, 1.54) is 43.3 Å². The number of benzene rings is 2. The molecule has 0 heterocycles. The summed E-state index contributed by atoms with van der Waals surface area (Å²) in [7, 11) is -2.62. The molecule has 14 heteroatoms. The maximum atomic E-state index is 13.0. The van der Waals surface area contributed by atoms with Crippen LogP contribution in [0.2, 0.25) is 0 Å². The van der Waals surface area contributed by atoms with Crippen molar-refractivity contribution in [3.05, 3.63) is 58.6 Å². The third kappa shape index (κ3) is 8.93. The van der Waals surface area contributed by atoms with Crippen LogP contribution in [-0.4, -0.2) is 34.7 Å². The first-order chi connectivity index (χ1) is 20.1. The van der Waals surface area contributed by atoms with E-state index in [1.807, 2.05) is 0 Å². The van der Waals surface area contributed by atoms with E-state index in [4.69, 9.17) is 24.5 Å². The van der Waals surface area contributed by atoms with Gasteiger partial charge in [0, 0.05) is 23.4 Å². The average Bonchev–Trinajstić information content (AvgIpc) is 3.67. The van der Waals surface area contributed by atoms with Gasteiger partial charge in [0.05, 0.1) is 4.92 Å². The van der Waals surface area contributed by atoms with Crippen LogP contribution in [0.4, 0.5) is 5.69 Å². The third-order valence-electron chi connectivity index (χ3n) is 7.25. The van der Waals surface area contributed by atoms with Crippen LogP contribution in [0, 0.1) is 16.0 Å². The number of nitro groups is 1.